The van der Waals surface area contributed by atoms with Crippen molar-refractivity contribution in [3.8, 4) is 11.5 Å². The van der Waals surface area contributed by atoms with Crippen molar-refractivity contribution in [2.24, 2.45) is 5.41 Å². The molecule has 0 fully saturated rings. The van der Waals surface area contributed by atoms with Crippen LogP contribution in [0.3, 0.4) is 0 Å². The summed E-state index contributed by atoms with van der Waals surface area (Å²) < 4.78 is 16.1. The van der Waals surface area contributed by atoms with Gasteiger partial charge in [-0.1, -0.05) is 65.7 Å². The van der Waals surface area contributed by atoms with Crippen LogP contribution in [0.25, 0.3) is 0 Å². The molecule has 0 saturated heterocycles. The highest BCUT2D eigenvalue weighted by molar-refractivity contribution is 6.00. The summed E-state index contributed by atoms with van der Waals surface area (Å²) in [5, 5.41) is 0. The van der Waals surface area contributed by atoms with E-state index in [0.29, 0.717) is 30.9 Å². The fourth-order valence-electron chi connectivity index (χ4n) is 3.30. The van der Waals surface area contributed by atoms with Crippen LogP contribution >= 0.6 is 0 Å². The van der Waals surface area contributed by atoms with Crippen LogP contribution in [0.4, 0.5) is 0 Å². The first-order valence-electron chi connectivity index (χ1n) is 11.1. The van der Waals surface area contributed by atoms with E-state index in [2.05, 4.69) is 6.92 Å². The number of carbonyl (C=O) groups is 2. The van der Waals surface area contributed by atoms with Crippen LogP contribution in [0.15, 0.2) is 24.3 Å². The lowest BCUT2D eigenvalue weighted by molar-refractivity contribution is -0.168. The van der Waals surface area contributed by atoms with Crippen molar-refractivity contribution in [1.29, 1.82) is 0 Å². The maximum atomic E-state index is 12.8. The monoisotopic (exact) mass is 406 g/mol. The van der Waals surface area contributed by atoms with Gasteiger partial charge in [0.25, 0.3) is 0 Å². The topological polar surface area (TPSA) is 61.8 Å². The summed E-state index contributed by atoms with van der Waals surface area (Å²) in [6.07, 6.45) is 10.1. The molecule has 0 aliphatic rings. The first kappa shape index (κ1) is 25.0. The number of rotatable bonds is 15. The number of methoxy groups -OCH3 is 1. The molecule has 0 radical (unpaired) electrons. The van der Waals surface area contributed by atoms with Gasteiger partial charge in [-0.15, -0.1) is 0 Å². The normalized spacial score (nSPS) is 11.2. The van der Waals surface area contributed by atoms with Crippen molar-refractivity contribution in [3.63, 3.8) is 0 Å². The SMILES string of the molecule is CCCCCCCCCCOC(=O)C(CC)(CC)C(=O)Oc1ccc(OC)cc1. The number of ether oxygens (including phenoxy) is 3. The Hall–Kier alpha value is -2.04. The molecule has 29 heavy (non-hydrogen) atoms. The van der Waals surface area contributed by atoms with Gasteiger partial charge in [0.1, 0.15) is 11.5 Å². The summed E-state index contributed by atoms with van der Waals surface area (Å²) in [4.78, 5) is 25.5. The van der Waals surface area contributed by atoms with Crippen molar-refractivity contribution in [2.75, 3.05) is 13.7 Å². The van der Waals surface area contributed by atoms with E-state index in [9.17, 15) is 9.59 Å². The molecule has 0 heterocycles. The number of esters is 2. The van der Waals surface area contributed by atoms with Gasteiger partial charge in [-0.3, -0.25) is 9.59 Å². The minimum Gasteiger partial charge on any atom is -0.497 e. The van der Waals surface area contributed by atoms with Crippen molar-refractivity contribution in [3.05, 3.63) is 24.3 Å². The molecule has 1 rings (SSSR count). The number of benzene rings is 1. The third-order valence-electron chi connectivity index (χ3n) is 5.49. The van der Waals surface area contributed by atoms with Gasteiger partial charge in [0, 0.05) is 0 Å². The summed E-state index contributed by atoms with van der Waals surface area (Å²) in [5.74, 6) is 0.0160. The van der Waals surface area contributed by atoms with Crippen LogP contribution in [-0.4, -0.2) is 25.7 Å². The molecule has 164 valence electrons. The Morgan fingerprint density at radius 1 is 0.759 bits per heavy atom. The maximum absolute atomic E-state index is 12.8. The molecule has 1 aromatic rings. The quantitative estimate of drug-likeness (QED) is 0.153. The number of unbranched alkanes of at least 4 members (excludes halogenated alkanes) is 7. The van der Waals surface area contributed by atoms with Crippen molar-refractivity contribution in [1.82, 2.24) is 0 Å². The molecule has 0 unspecified atom stereocenters. The van der Waals surface area contributed by atoms with Gasteiger partial charge in [-0.25, -0.2) is 0 Å². The summed E-state index contributed by atoms with van der Waals surface area (Å²) in [6.45, 7) is 6.20. The van der Waals surface area contributed by atoms with Gasteiger partial charge < -0.3 is 14.2 Å². The Kier molecular flexibility index (Phi) is 12.1. The third kappa shape index (κ3) is 8.08. The molecule has 0 spiro atoms. The van der Waals surface area contributed by atoms with Crippen molar-refractivity contribution < 1.29 is 23.8 Å². The fourth-order valence-corrected chi connectivity index (χ4v) is 3.30. The first-order valence-corrected chi connectivity index (χ1v) is 11.1. The smallest absolute Gasteiger partial charge is 0.328 e. The highest BCUT2D eigenvalue weighted by atomic mass is 16.6. The van der Waals surface area contributed by atoms with Crippen LogP contribution in [0.5, 0.6) is 11.5 Å². The summed E-state index contributed by atoms with van der Waals surface area (Å²) in [6, 6.07) is 6.73. The highest BCUT2D eigenvalue weighted by Gasteiger charge is 2.46. The molecule has 0 bridgehead atoms. The molecule has 0 aliphatic carbocycles. The number of hydrogen-bond donors (Lipinski definition) is 0. The Bertz CT molecular complexity index is 590. The van der Waals surface area contributed by atoms with E-state index in [1.807, 2.05) is 13.8 Å². The predicted molar refractivity (Wildman–Crippen MR) is 115 cm³/mol. The van der Waals surface area contributed by atoms with Crippen LogP contribution in [0.2, 0.25) is 0 Å². The first-order chi connectivity index (χ1) is 14.0. The molecular formula is C24H38O5. The van der Waals surface area contributed by atoms with Crippen LogP contribution in [0.1, 0.15) is 85.0 Å². The molecule has 5 heteroatoms. The lowest BCUT2D eigenvalue weighted by atomic mass is 9.82. The molecule has 0 aliphatic heterocycles. The van der Waals surface area contributed by atoms with Gasteiger partial charge >= 0.3 is 11.9 Å². The molecular weight excluding hydrogens is 368 g/mol. The van der Waals surface area contributed by atoms with E-state index < -0.39 is 17.4 Å². The molecule has 0 N–H and O–H groups in total. The fraction of sp³-hybridized carbons (Fsp3) is 0.667. The lowest BCUT2D eigenvalue weighted by Crippen LogP contribution is -2.42. The zero-order valence-electron chi connectivity index (χ0n) is 18.6. The maximum Gasteiger partial charge on any atom is 0.328 e. The van der Waals surface area contributed by atoms with Gasteiger partial charge in [0.05, 0.1) is 13.7 Å². The van der Waals surface area contributed by atoms with Gasteiger partial charge in [-0.2, -0.15) is 0 Å². The summed E-state index contributed by atoms with van der Waals surface area (Å²) in [5.41, 5.74) is -1.26. The summed E-state index contributed by atoms with van der Waals surface area (Å²) in [7, 11) is 1.57. The Morgan fingerprint density at radius 2 is 1.28 bits per heavy atom. The zero-order valence-corrected chi connectivity index (χ0v) is 18.6. The second kappa shape index (κ2) is 14.0. The minimum atomic E-state index is -1.26. The van der Waals surface area contributed by atoms with E-state index in [1.54, 1.807) is 31.4 Å². The standard InChI is InChI=1S/C24H38O5/c1-5-8-9-10-11-12-13-14-19-28-22(25)24(6-2,7-3)23(26)29-21-17-15-20(27-4)16-18-21/h15-18H,5-14,19H2,1-4H3. The predicted octanol–water partition coefficient (Wildman–Crippen LogP) is 6.09. The van der Waals surface area contributed by atoms with Crippen molar-refractivity contribution >= 4 is 11.9 Å². The van der Waals surface area contributed by atoms with E-state index in [0.717, 1.165) is 19.3 Å². The Balaban J connectivity index is 2.48. The Labute approximate surface area is 176 Å². The lowest BCUT2D eigenvalue weighted by Gasteiger charge is -2.26. The van der Waals surface area contributed by atoms with Crippen molar-refractivity contribution in [2.45, 2.75) is 85.0 Å². The average Bonchev–Trinajstić information content (AvgIpc) is 2.74. The zero-order chi connectivity index (χ0) is 21.5. The highest BCUT2D eigenvalue weighted by Crippen LogP contribution is 2.31. The van der Waals surface area contributed by atoms with Crippen LogP contribution < -0.4 is 9.47 Å². The van der Waals surface area contributed by atoms with E-state index in [-0.39, 0.29) is 0 Å². The number of carbonyl (C=O) groups excluding carboxylic acids is 2. The largest absolute Gasteiger partial charge is 0.497 e. The second-order valence-electron chi connectivity index (χ2n) is 7.47. The Morgan fingerprint density at radius 3 is 1.79 bits per heavy atom. The van der Waals surface area contributed by atoms with Crippen LogP contribution in [0, 0.1) is 5.41 Å². The average molecular weight is 407 g/mol. The van der Waals surface area contributed by atoms with E-state index in [1.165, 1.54) is 32.1 Å². The molecule has 0 atom stereocenters. The summed E-state index contributed by atoms with van der Waals surface area (Å²) >= 11 is 0. The third-order valence-corrected chi connectivity index (χ3v) is 5.49. The molecule has 5 nitrogen and oxygen atoms in total. The van der Waals surface area contributed by atoms with Gasteiger partial charge in [-0.05, 0) is 43.5 Å². The van der Waals surface area contributed by atoms with E-state index >= 15 is 0 Å². The molecule has 1 aromatic carbocycles. The van der Waals surface area contributed by atoms with Gasteiger partial charge in [0.2, 0.25) is 0 Å². The van der Waals surface area contributed by atoms with E-state index in [4.69, 9.17) is 14.2 Å². The van der Waals surface area contributed by atoms with Gasteiger partial charge in [0.15, 0.2) is 5.41 Å². The van der Waals surface area contributed by atoms with Crippen LogP contribution in [-0.2, 0) is 14.3 Å². The molecule has 0 saturated carbocycles. The minimum absolute atomic E-state index is 0.342. The number of hydrogen-bond acceptors (Lipinski definition) is 5. The second-order valence-corrected chi connectivity index (χ2v) is 7.47. The molecule has 0 amide bonds. The molecule has 0 aromatic heterocycles.